The molecule has 1 aromatic rings. The second kappa shape index (κ2) is 7.85. The Morgan fingerprint density at radius 1 is 1.33 bits per heavy atom. The van der Waals surface area contributed by atoms with Gasteiger partial charge in [0.25, 0.3) is 0 Å². The van der Waals surface area contributed by atoms with E-state index in [0.29, 0.717) is 0 Å². The lowest BCUT2D eigenvalue weighted by Gasteiger charge is -2.03. The second-order valence-corrected chi connectivity index (χ2v) is 3.15. The molecule has 0 heterocycles. The summed E-state index contributed by atoms with van der Waals surface area (Å²) >= 11 is 0. The van der Waals surface area contributed by atoms with Gasteiger partial charge in [0, 0.05) is 0 Å². The van der Waals surface area contributed by atoms with Gasteiger partial charge in [-0.25, -0.2) is 0 Å². The van der Waals surface area contributed by atoms with E-state index in [1.54, 1.807) is 6.07 Å². The number of hydrogen-bond donors (Lipinski definition) is 2. The Balaban J connectivity index is 0.000000583. The second-order valence-electron chi connectivity index (χ2n) is 3.15. The maximum absolute atomic E-state index is 9.35. The molecule has 0 spiro atoms. The van der Waals surface area contributed by atoms with Gasteiger partial charge >= 0.3 is 0 Å². The predicted octanol–water partition coefficient (Wildman–Crippen LogP) is 2.65. The van der Waals surface area contributed by atoms with Gasteiger partial charge in [0.15, 0.2) is 0 Å². The van der Waals surface area contributed by atoms with Crippen molar-refractivity contribution in [2.24, 2.45) is 0 Å². The zero-order chi connectivity index (χ0) is 11.7. The van der Waals surface area contributed by atoms with Crippen molar-refractivity contribution >= 4 is 6.29 Å². The fourth-order valence-electron chi connectivity index (χ4n) is 1.14. The molecule has 0 radical (unpaired) electrons. The molecule has 3 heteroatoms. The maximum Gasteiger partial charge on any atom is 0.119 e. The lowest BCUT2D eigenvalue weighted by molar-refractivity contribution is -0.106. The molecule has 0 aliphatic heterocycles. The first-order chi connectivity index (χ1) is 7.15. The van der Waals surface area contributed by atoms with Crippen LogP contribution in [0.1, 0.15) is 32.3 Å². The maximum atomic E-state index is 9.35. The van der Waals surface area contributed by atoms with Crippen molar-refractivity contribution in [3.63, 3.8) is 0 Å². The zero-order valence-electron chi connectivity index (χ0n) is 9.23. The molecule has 1 rings (SSSR count). The summed E-state index contributed by atoms with van der Waals surface area (Å²) in [6.45, 7) is 3.54. The van der Waals surface area contributed by atoms with Crippen LogP contribution in [0.5, 0.6) is 11.5 Å². The van der Waals surface area contributed by atoms with Crippen molar-refractivity contribution in [2.45, 2.75) is 33.1 Å². The summed E-state index contributed by atoms with van der Waals surface area (Å²) < 4.78 is 0. The van der Waals surface area contributed by atoms with E-state index in [2.05, 4.69) is 6.92 Å². The van der Waals surface area contributed by atoms with Crippen LogP contribution in [0.3, 0.4) is 0 Å². The number of benzene rings is 1. The highest BCUT2D eigenvalue weighted by Crippen LogP contribution is 2.23. The number of hydrogen-bond acceptors (Lipinski definition) is 3. The van der Waals surface area contributed by atoms with E-state index in [1.165, 1.54) is 19.1 Å². The van der Waals surface area contributed by atoms with Crippen molar-refractivity contribution in [2.75, 3.05) is 0 Å². The van der Waals surface area contributed by atoms with Crippen molar-refractivity contribution in [1.29, 1.82) is 0 Å². The Hall–Kier alpha value is -1.51. The van der Waals surface area contributed by atoms with Gasteiger partial charge in [-0.05, 0) is 43.5 Å². The number of rotatable bonds is 3. The number of phenols is 2. The minimum atomic E-state index is 0.221. The third-order valence-electron chi connectivity index (χ3n) is 1.86. The number of aryl methyl sites for hydroxylation is 1. The lowest BCUT2D eigenvalue weighted by atomic mass is 10.1. The van der Waals surface area contributed by atoms with Crippen LogP contribution in [0.4, 0.5) is 0 Å². The van der Waals surface area contributed by atoms with E-state index >= 15 is 0 Å². The van der Waals surface area contributed by atoms with Crippen LogP contribution < -0.4 is 0 Å². The number of carbonyl (C=O) groups excluding carboxylic acids is 1. The lowest BCUT2D eigenvalue weighted by Crippen LogP contribution is -1.84. The highest BCUT2D eigenvalue weighted by atomic mass is 16.3. The van der Waals surface area contributed by atoms with Crippen LogP contribution in [0.25, 0.3) is 0 Å². The third-order valence-corrected chi connectivity index (χ3v) is 1.86. The van der Waals surface area contributed by atoms with E-state index in [4.69, 9.17) is 9.90 Å². The predicted molar refractivity (Wildman–Crippen MR) is 60.1 cm³/mol. The topological polar surface area (TPSA) is 57.5 Å². The summed E-state index contributed by atoms with van der Waals surface area (Å²) in [5, 5.41) is 18.5. The molecule has 0 bridgehead atoms. The monoisotopic (exact) mass is 210 g/mol. The Morgan fingerprint density at radius 3 is 2.47 bits per heavy atom. The Kier molecular flexibility index (Phi) is 7.06. The summed E-state index contributed by atoms with van der Waals surface area (Å²) in [6.07, 6.45) is 3.71. The van der Waals surface area contributed by atoms with Crippen molar-refractivity contribution < 1.29 is 15.0 Å². The molecule has 0 aliphatic rings. The van der Waals surface area contributed by atoms with Gasteiger partial charge in [-0.3, -0.25) is 0 Å². The van der Waals surface area contributed by atoms with E-state index < -0.39 is 0 Å². The van der Waals surface area contributed by atoms with Crippen LogP contribution in [0.2, 0.25) is 0 Å². The first-order valence-electron chi connectivity index (χ1n) is 5.06. The van der Waals surface area contributed by atoms with Gasteiger partial charge in [0.1, 0.15) is 17.8 Å². The van der Waals surface area contributed by atoms with Gasteiger partial charge in [0.2, 0.25) is 0 Å². The van der Waals surface area contributed by atoms with Crippen LogP contribution in [0.15, 0.2) is 18.2 Å². The standard InChI is InChI=1S/C10H14O2.C2H4O/c1-2-3-4-8-7-9(11)5-6-10(8)12;1-2-3/h5-7,11-12H,2-4H2,1H3;2H,1H3. The van der Waals surface area contributed by atoms with Gasteiger partial charge in [-0.2, -0.15) is 0 Å². The largest absolute Gasteiger partial charge is 0.508 e. The molecular formula is C12H18O3. The van der Waals surface area contributed by atoms with Crippen LogP contribution >= 0.6 is 0 Å². The summed E-state index contributed by atoms with van der Waals surface area (Å²) in [5.41, 5.74) is 0.830. The molecule has 0 fully saturated rings. The molecule has 84 valence electrons. The summed E-state index contributed by atoms with van der Waals surface area (Å²) in [4.78, 5) is 8.81. The van der Waals surface area contributed by atoms with Crippen LogP contribution in [0, 0.1) is 0 Å². The molecular weight excluding hydrogens is 192 g/mol. The molecule has 0 unspecified atom stereocenters. The minimum Gasteiger partial charge on any atom is -0.508 e. The molecule has 0 amide bonds. The normalized spacial score (nSPS) is 8.93. The van der Waals surface area contributed by atoms with Gasteiger partial charge < -0.3 is 15.0 Å². The highest BCUT2D eigenvalue weighted by molar-refractivity contribution is 5.44. The first-order valence-corrected chi connectivity index (χ1v) is 5.06. The molecule has 0 aliphatic carbocycles. The van der Waals surface area contributed by atoms with Gasteiger partial charge in [-0.15, -0.1) is 0 Å². The van der Waals surface area contributed by atoms with Crippen molar-refractivity contribution in [3.05, 3.63) is 23.8 Å². The Morgan fingerprint density at radius 2 is 1.93 bits per heavy atom. The fraction of sp³-hybridized carbons (Fsp3) is 0.417. The molecule has 0 saturated carbocycles. The SMILES string of the molecule is CC=O.CCCCc1cc(O)ccc1O. The Labute approximate surface area is 90.4 Å². The molecule has 15 heavy (non-hydrogen) atoms. The van der Waals surface area contributed by atoms with Crippen LogP contribution in [-0.2, 0) is 11.2 Å². The van der Waals surface area contributed by atoms with E-state index in [-0.39, 0.29) is 11.5 Å². The minimum absolute atomic E-state index is 0.221. The number of aldehydes is 1. The Bertz CT molecular complexity index is 295. The molecule has 1 aromatic carbocycles. The highest BCUT2D eigenvalue weighted by Gasteiger charge is 2.00. The molecule has 3 nitrogen and oxygen atoms in total. The number of phenolic OH excluding ortho intramolecular Hbond substituents is 2. The first kappa shape index (κ1) is 13.5. The fourth-order valence-corrected chi connectivity index (χ4v) is 1.14. The average molecular weight is 210 g/mol. The smallest absolute Gasteiger partial charge is 0.119 e. The molecule has 0 aromatic heterocycles. The van der Waals surface area contributed by atoms with Gasteiger partial charge in [-0.1, -0.05) is 13.3 Å². The summed E-state index contributed by atoms with van der Waals surface area (Å²) in [5.74, 6) is 0.500. The van der Waals surface area contributed by atoms with E-state index in [0.717, 1.165) is 31.1 Å². The zero-order valence-corrected chi connectivity index (χ0v) is 9.23. The van der Waals surface area contributed by atoms with E-state index in [9.17, 15) is 5.11 Å². The average Bonchev–Trinajstić information content (AvgIpc) is 2.21. The number of aromatic hydroxyl groups is 2. The number of carbonyl (C=O) groups is 1. The van der Waals surface area contributed by atoms with Crippen molar-refractivity contribution in [3.8, 4) is 11.5 Å². The third kappa shape index (κ3) is 5.73. The van der Waals surface area contributed by atoms with Gasteiger partial charge in [0.05, 0.1) is 0 Å². The van der Waals surface area contributed by atoms with Crippen molar-refractivity contribution in [1.82, 2.24) is 0 Å². The van der Waals surface area contributed by atoms with Crippen LogP contribution in [-0.4, -0.2) is 16.5 Å². The quantitative estimate of drug-likeness (QED) is 0.595. The summed E-state index contributed by atoms with van der Waals surface area (Å²) in [6, 6.07) is 4.64. The molecule has 2 N–H and O–H groups in total. The van der Waals surface area contributed by atoms with E-state index in [1.807, 2.05) is 0 Å². The summed E-state index contributed by atoms with van der Waals surface area (Å²) in [7, 11) is 0. The number of unbranched alkanes of at least 4 members (excludes halogenated alkanes) is 1. The molecule has 0 atom stereocenters. The molecule has 0 saturated heterocycles.